The third-order valence-corrected chi connectivity index (χ3v) is 6.87. The molecule has 1 aliphatic rings. The van der Waals surface area contributed by atoms with E-state index in [1.165, 1.54) is 28.6 Å². The molecule has 1 saturated heterocycles. The lowest BCUT2D eigenvalue weighted by Gasteiger charge is -2.39. The molecule has 1 N–H and O–H groups in total. The van der Waals surface area contributed by atoms with Gasteiger partial charge in [0.05, 0.1) is 6.20 Å². The topological polar surface area (TPSA) is 65.4 Å². The number of oxazole rings is 1. The zero-order valence-electron chi connectivity index (χ0n) is 20.4. The standard InChI is InChI=1S/C26H33F3N4O2/c1-17(2)8-9-18(12-19-14-30-21-7-5-4-6-20(19)21)13-22(34)23-15-31-25(35-23)33-11-10-32(3)24(16-33)26(27,28)29/h4-7,14-15,17-18,24,30H,8-13,16H2,1-3H3. The van der Waals surface area contributed by atoms with Gasteiger partial charge in [-0.1, -0.05) is 38.5 Å². The number of para-hydroxylation sites is 1. The van der Waals surface area contributed by atoms with Crippen molar-refractivity contribution in [3.63, 3.8) is 0 Å². The quantitative estimate of drug-likeness (QED) is 0.390. The molecule has 3 heterocycles. The average molecular weight is 491 g/mol. The first-order valence-electron chi connectivity index (χ1n) is 12.2. The van der Waals surface area contributed by atoms with Crippen molar-refractivity contribution in [1.82, 2.24) is 14.9 Å². The molecule has 9 heteroatoms. The highest BCUT2D eigenvalue weighted by Gasteiger charge is 2.45. The number of ketones is 1. The molecule has 2 aromatic heterocycles. The van der Waals surface area contributed by atoms with Crippen molar-refractivity contribution in [3.8, 4) is 0 Å². The minimum Gasteiger partial charge on any atom is -0.420 e. The van der Waals surface area contributed by atoms with E-state index in [1.807, 2.05) is 24.4 Å². The van der Waals surface area contributed by atoms with Crippen LogP contribution in [0, 0.1) is 11.8 Å². The molecule has 4 rings (SSSR count). The van der Waals surface area contributed by atoms with Crippen molar-refractivity contribution >= 4 is 22.7 Å². The summed E-state index contributed by atoms with van der Waals surface area (Å²) in [4.78, 5) is 23.3. The van der Waals surface area contributed by atoms with Gasteiger partial charge in [-0.2, -0.15) is 13.2 Å². The largest absolute Gasteiger partial charge is 0.420 e. The van der Waals surface area contributed by atoms with Gasteiger partial charge >= 0.3 is 6.18 Å². The van der Waals surface area contributed by atoms with Crippen molar-refractivity contribution in [3.05, 3.63) is 48.0 Å². The van der Waals surface area contributed by atoms with E-state index in [0.717, 1.165) is 30.2 Å². The number of carbonyl (C=O) groups is 1. The first-order chi connectivity index (χ1) is 16.6. The number of alkyl halides is 3. The normalized spacial score (nSPS) is 18.5. The Morgan fingerprint density at radius 1 is 1.23 bits per heavy atom. The zero-order chi connectivity index (χ0) is 25.2. The number of aromatic amines is 1. The molecule has 0 amide bonds. The van der Waals surface area contributed by atoms with Crippen molar-refractivity contribution < 1.29 is 22.4 Å². The summed E-state index contributed by atoms with van der Waals surface area (Å²) in [5, 5.41) is 1.16. The summed E-state index contributed by atoms with van der Waals surface area (Å²) in [6, 6.07) is 6.58. The smallest absolute Gasteiger partial charge is 0.405 e. The Bertz CT molecular complexity index is 1140. The third kappa shape index (κ3) is 6.07. The highest BCUT2D eigenvalue weighted by Crippen LogP contribution is 2.30. The first-order valence-corrected chi connectivity index (χ1v) is 12.2. The number of piperazine rings is 1. The Balaban J connectivity index is 1.45. The van der Waals surface area contributed by atoms with Gasteiger partial charge in [-0.15, -0.1) is 0 Å². The van der Waals surface area contributed by atoms with Crippen LogP contribution in [0.15, 0.2) is 41.1 Å². The molecule has 0 spiro atoms. The van der Waals surface area contributed by atoms with Crippen LogP contribution in [-0.4, -0.2) is 59.6 Å². The number of benzene rings is 1. The predicted molar refractivity (Wildman–Crippen MR) is 130 cm³/mol. The number of anilines is 1. The second-order valence-electron chi connectivity index (χ2n) is 10.0. The Hall–Kier alpha value is -2.81. The molecule has 2 unspecified atom stereocenters. The first kappa shape index (κ1) is 25.3. The number of nitrogens with zero attached hydrogens (tertiary/aromatic N) is 3. The lowest BCUT2D eigenvalue weighted by atomic mass is 9.87. The zero-order valence-corrected chi connectivity index (χ0v) is 20.4. The number of aromatic nitrogens is 2. The lowest BCUT2D eigenvalue weighted by molar-refractivity contribution is -0.180. The van der Waals surface area contributed by atoms with E-state index < -0.39 is 12.2 Å². The second kappa shape index (κ2) is 10.4. The van der Waals surface area contributed by atoms with Crippen molar-refractivity contribution in [2.45, 2.75) is 51.7 Å². The van der Waals surface area contributed by atoms with Crippen LogP contribution in [0.5, 0.6) is 0 Å². The SMILES string of the molecule is CC(C)CCC(CC(=O)c1cnc(N2CCN(C)C(C(F)(F)F)C2)o1)Cc1c[nH]c2ccccc12. The number of H-pyrrole nitrogens is 1. The Morgan fingerprint density at radius 3 is 2.74 bits per heavy atom. The minimum atomic E-state index is -4.34. The fraction of sp³-hybridized carbons (Fsp3) is 0.538. The predicted octanol–water partition coefficient (Wildman–Crippen LogP) is 5.71. The summed E-state index contributed by atoms with van der Waals surface area (Å²) < 4.78 is 45.8. The number of Topliss-reactive ketones (excluding diaryl/α,β-unsaturated/α-hetero) is 1. The maximum Gasteiger partial charge on any atom is 0.405 e. The maximum absolute atomic E-state index is 13.4. The van der Waals surface area contributed by atoms with Crippen LogP contribution in [-0.2, 0) is 6.42 Å². The van der Waals surface area contributed by atoms with Gasteiger partial charge < -0.3 is 14.3 Å². The van der Waals surface area contributed by atoms with Gasteiger partial charge in [0.1, 0.15) is 6.04 Å². The molecular weight excluding hydrogens is 457 g/mol. The highest BCUT2D eigenvalue weighted by molar-refractivity contribution is 5.93. The summed E-state index contributed by atoms with van der Waals surface area (Å²) >= 11 is 0. The molecule has 190 valence electrons. The number of hydrogen-bond acceptors (Lipinski definition) is 5. The molecule has 1 fully saturated rings. The van der Waals surface area contributed by atoms with Crippen molar-refractivity contribution in [2.24, 2.45) is 11.8 Å². The van der Waals surface area contributed by atoms with Gasteiger partial charge in [-0.3, -0.25) is 9.69 Å². The summed E-state index contributed by atoms with van der Waals surface area (Å²) in [5.74, 6) is 0.581. The lowest BCUT2D eigenvalue weighted by Crippen LogP contribution is -2.57. The van der Waals surface area contributed by atoms with Crippen LogP contribution in [0.3, 0.4) is 0 Å². The summed E-state index contributed by atoms with van der Waals surface area (Å²) in [6.07, 6.45) is 1.98. The molecular formula is C26H33F3N4O2. The number of carbonyl (C=O) groups excluding carboxylic acids is 1. The van der Waals surface area contributed by atoms with Crippen LogP contribution >= 0.6 is 0 Å². The molecule has 6 nitrogen and oxygen atoms in total. The van der Waals surface area contributed by atoms with Gasteiger partial charge in [0.15, 0.2) is 11.5 Å². The van der Waals surface area contributed by atoms with E-state index in [1.54, 1.807) is 0 Å². The van der Waals surface area contributed by atoms with E-state index in [-0.39, 0.29) is 36.6 Å². The maximum atomic E-state index is 13.4. The Morgan fingerprint density at radius 2 is 2.00 bits per heavy atom. The summed E-state index contributed by atoms with van der Waals surface area (Å²) in [5.41, 5.74) is 2.25. The van der Waals surface area contributed by atoms with Gasteiger partial charge in [-0.25, -0.2) is 4.98 Å². The summed E-state index contributed by atoms with van der Waals surface area (Å²) in [7, 11) is 1.46. The minimum absolute atomic E-state index is 0.0751. The number of hydrogen-bond donors (Lipinski definition) is 1. The molecule has 35 heavy (non-hydrogen) atoms. The molecule has 2 atom stereocenters. The molecule has 0 aliphatic carbocycles. The van der Waals surface area contributed by atoms with E-state index >= 15 is 0 Å². The average Bonchev–Trinajstić information content (AvgIpc) is 3.45. The molecule has 3 aromatic rings. The number of halogens is 3. The Kier molecular flexibility index (Phi) is 7.54. The fourth-order valence-electron chi connectivity index (χ4n) is 4.76. The van der Waals surface area contributed by atoms with Crippen LogP contribution < -0.4 is 4.90 Å². The third-order valence-electron chi connectivity index (χ3n) is 6.87. The van der Waals surface area contributed by atoms with Gasteiger partial charge in [0, 0.05) is 43.2 Å². The number of likely N-dealkylation sites (N-methyl/N-ethyl adjacent to an activating group) is 1. The second-order valence-corrected chi connectivity index (χ2v) is 10.0. The molecule has 1 aliphatic heterocycles. The van der Waals surface area contributed by atoms with Crippen LogP contribution in [0.2, 0.25) is 0 Å². The van der Waals surface area contributed by atoms with E-state index in [0.29, 0.717) is 18.9 Å². The number of nitrogens with one attached hydrogen (secondary N) is 1. The van der Waals surface area contributed by atoms with Gasteiger partial charge in [0.25, 0.3) is 6.01 Å². The van der Waals surface area contributed by atoms with Crippen LogP contribution in [0.25, 0.3) is 10.9 Å². The molecule has 0 bridgehead atoms. The van der Waals surface area contributed by atoms with Crippen LogP contribution in [0.4, 0.5) is 19.2 Å². The summed E-state index contributed by atoms with van der Waals surface area (Å²) in [6.45, 7) is 4.65. The fourth-order valence-corrected chi connectivity index (χ4v) is 4.76. The molecule has 0 saturated carbocycles. The monoisotopic (exact) mass is 490 g/mol. The van der Waals surface area contributed by atoms with Crippen molar-refractivity contribution in [1.29, 1.82) is 0 Å². The highest BCUT2D eigenvalue weighted by atomic mass is 19.4. The Labute approximate surface area is 203 Å². The van der Waals surface area contributed by atoms with Crippen LogP contribution in [0.1, 0.15) is 49.2 Å². The van der Waals surface area contributed by atoms with E-state index in [9.17, 15) is 18.0 Å². The number of rotatable bonds is 9. The van der Waals surface area contributed by atoms with Gasteiger partial charge in [0.2, 0.25) is 0 Å². The van der Waals surface area contributed by atoms with Crippen molar-refractivity contribution in [2.75, 3.05) is 31.6 Å². The molecule has 1 aromatic carbocycles. The number of fused-ring (bicyclic) bond motifs is 1. The molecule has 0 radical (unpaired) electrons. The van der Waals surface area contributed by atoms with E-state index in [2.05, 4.69) is 29.9 Å². The van der Waals surface area contributed by atoms with Gasteiger partial charge in [-0.05, 0) is 43.4 Å². The van der Waals surface area contributed by atoms with E-state index in [4.69, 9.17) is 4.42 Å².